The van der Waals surface area contributed by atoms with Gasteiger partial charge in [-0.15, -0.1) is 0 Å². The Morgan fingerprint density at radius 3 is 2.40 bits per heavy atom. The molecule has 0 spiro atoms. The number of ether oxygens (including phenoxy) is 1. The average Bonchev–Trinajstić information content (AvgIpc) is 2.44. The van der Waals surface area contributed by atoms with Crippen LogP contribution in [0.1, 0.15) is 18.7 Å². The Hall–Kier alpha value is -1.00. The summed E-state index contributed by atoms with van der Waals surface area (Å²) in [6.07, 6.45) is 1.64. The van der Waals surface area contributed by atoms with Gasteiger partial charge in [-0.1, -0.05) is 34.8 Å². The van der Waals surface area contributed by atoms with Crippen LogP contribution in [0.25, 0.3) is 0 Å². The highest BCUT2D eigenvalue weighted by atomic mass is 35.5. The molecule has 1 unspecified atom stereocenters. The molecule has 0 radical (unpaired) electrons. The fraction of sp³-hybridized carbons (Fsp3) is 0.214. The Kier molecular flexibility index (Phi) is 5.11. The molecule has 0 amide bonds. The maximum absolute atomic E-state index is 6.06. The highest BCUT2D eigenvalue weighted by Crippen LogP contribution is 2.36. The number of rotatable bonds is 4. The van der Waals surface area contributed by atoms with E-state index in [4.69, 9.17) is 39.5 Å². The molecule has 0 aliphatic carbocycles. The lowest BCUT2D eigenvalue weighted by molar-refractivity contribution is 0.479. The van der Waals surface area contributed by atoms with Crippen molar-refractivity contribution in [1.82, 2.24) is 10.3 Å². The molecule has 0 fully saturated rings. The first-order chi connectivity index (χ1) is 9.51. The molecule has 3 nitrogen and oxygen atoms in total. The summed E-state index contributed by atoms with van der Waals surface area (Å²) in [5, 5.41) is 4.29. The van der Waals surface area contributed by atoms with E-state index in [0.29, 0.717) is 26.6 Å². The van der Waals surface area contributed by atoms with Crippen molar-refractivity contribution in [2.24, 2.45) is 0 Å². The summed E-state index contributed by atoms with van der Waals surface area (Å²) < 4.78 is 5.66. The highest BCUT2D eigenvalue weighted by molar-refractivity contribution is 6.43. The normalized spacial score (nSPS) is 12.2. The first kappa shape index (κ1) is 15.4. The van der Waals surface area contributed by atoms with Crippen molar-refractivity contribution in [3.8, 4) is 11.5 Å². The molecule has 0 aliphatic rings. The van der Waals surface area contributed by atoms with Gasteiger partial charge in [0.05, 0.1) is 27.0 Å². The Morgan fingerprint density at radius 1 is 1.10 bits per heavy atom. The van der Waals surface area contributed by atoms with Crippen LogP contribution in [-0.4, -0.2) is 12.0 Å². The number of halogens is 3. The third kappa shape index (κ3) is 3.55. The van der Waals surface area contributed by atoms with Crippen LogP contribution < -0.4 is 10.1 Å². The first-order valence-electron chi connectivity index (χ1n) is 5.97. The zero-order valence-corrected chi connectivity index (χ0v) is 13.2. The maximum atomic E-state index is 6.06. The second-order valence-corrected chi connectivity index (χ2v) is 5.45. The molecular formula is C14H13Cl3N2O. The van der Waals surface area contributed by atoms with Crippen LogP contribution in [0.15, 0.2) is 30.5 Å². The quantitative estimate of drug-likeness (QED) is 0.790. The van der Waals surface area contributed by atoms with Gasteiger partial charge in [0.15, 0.2) is 0 Å². The third-order valence-corrected chi connectivity index (χ3v) is 3.86. The molecule has 0 saturated carbocycles. The lowest BCUT2D eigenvalue weighted by Crippen LogP contribution is -2.13. The predicted octanol–water partition coefficient (Wildman–Crippen LogP) is 5.11. The molecular weight excluding hydrogens is 319 g/mol. The molecule has 1 aromatic heterocycles. The molecule has 1 atom stereocenters. The van der Waals surface area contributed by atoms with Gasteiger partial charge in [0.25, 0.3) is 0 Å². The molecule has 0 saturated heterocycles. The molecule has 2 aromatic rings. The van der Waals surface area contributed by atoms with Crippen LogP contribution in [-0.2, 0) is 0 Å². The van der Waals surface area contributed by atoms with Gasteiger partial charge in [0.2, 0.25) is 0 Å². The van der Waals surface area contributed by atoms with E-state index in [9.17, 15) is 0 Å². The van der Waals surface area contributed by atoms with Gasteiger partial charge in [0.1, 0.15) is 11.5 Å². The number of hydrogen-bond acceptors (Lipinski definition) is 3. The summed E-state index contributed by atoms with van der Waals surface area (Å²) in [6.45, 7) is 2.03. The van der Waals surface area contributed by atoms with E-state index in [0.717, 1.165) is 5.69 Å². The van der Waals surface area contributed by atoms with Gasteiger partial charge in [-0.3, -0.25) is 4.98 Å². The fourth-order valence-corrected chi connectivity index (χ4v) is 2.14. The van der Waals surface area contributed by atoms with E-state index in [-0.39, 0.29) is 6.04 Å². The summed E-state index contributed by atoms with van der Waals surface area (Å²) in [6, 6.07) is 7.02. The molecule has 106 valence electrons. The van der Waals surface area contributed by atoms with Gasteiger partial charge >= 0.3 is 0 Å². The molecule has 1 N–H and O–H groups in total. The average molecular weight is 332 g/mol. The second kappa shape index (κ2) is 6.64. The highest BCUT2D eigenvalue weighted by Gasteiger charge is 2.09. The number of benzene rings is 1. The maximum Gasteiger partial charge on any atom is 0.147 e. The van der Waals surface area contributed by atoms with Gasteiger partial charge < -0.3 is 10.1 Å². The van der Waals surface area contributed by atoms with E-state index in [1.54, 1.807) is 18.3 Å². The predicted molar refractivity (Wildman–Crippen MR) is 83.3 cm³/mol. The van der Waals surface area contributed by atoms with Crippen molar-refractivity contribution < 1.29 is 4.74 Å². The van der Waals surface area contributed by atoms with Crippen LogP contribution in [0, 0.1) is 0 Å². The smallest absolute Gasteiger partial charge is 0.147 e. The largest absolute Gasteiger partial charge is 0.454 e. The van der Waals surface area contributed by atoms with Gasteiger partial charge in [-0.2, -0.15) is 0 Å². The van der Waals surface area contributed by atoms with Crippen LogP contribution in [0.5, 0.6) is 11.5 Å². The minimum Gasteiger partial charge on any atom is -0.454 e. The second-order valence-electron chi connectivity index (χ2n) is 4.23. The van der Waals surface area contributed by atoms with Gasteiger partial charge in [-0.05, 0) is 32.2 Å². The van der Waals surface area contributed by atoms with E-state index < -0.39 is 0 Å². The Morgan fingerprint density at radius 2 is 1.80 bits per heavy atom. The van der Waals surface area contributed by atoms with Gasteiger partial charge in [-0.25, -0.2) is 0 Å². The summed E-state index contributed by atoms with van der Waals surface area (Å²) in [5.74, 6) is 1.02. The summed E-state index contributed by atoms with van der Waals surface area (Å²) in [7, 11) is 1.88. The Bertz CT molecular complexity index is 602. The minimum absolute atomic E-state index is 0.178. The molecule has 0 aliphatic heterocycles. The van der Waals surface area contributed by atoms with Crippen LogP contribution in [0.3, 0.4) is 0 Å². The molecule has 2 rings (SSSR count). The van der Waals surface area contributed by atoms with Crippen molar-refractivity contribution in [1.29, 1.82) is 0 Å². The monoisotopic (exact) mass is 330 g/mol. The van der Waals surface area contributed by atoms with Crippen molar-refractivity contribution in [3.63, 3.8) is 0 Å². The Balaban J connectivity index is 2.20. The number of pyridine rings is 1. The lowest BCUT2D eigenvalue weighted by Gasteiger charge is -2.11. The lowest BCUT2D eigenvalue weighted by atomic mass is 10.2. The molecule has 1 heterocycles. The third-order valence-electron chi connectivity index (χ3n) is 2.84. The zero-order valence-electron chi connectivity index (χ0n) is 11.0. The van der Waals surface area contributed by atoms with Crippen molar-refractivity contribution in [2.45, 2.75) is 13.0 Å². The topological polar surface area (TPSA) is 34.1 Å². The number of aromatic nitrogens is 1. The fourth-order valence-electron chi connectivity index (χ4n) is 1.57. The minimum atomic E-state index is 0.178. The van der Waals surface area contributed by atoms with Crippen molar-refractivity contribution in [3.05, 3.63) is 51.2 Å². The molecule has 1 aromatic carbocycles. The standard InChI is InChI=1S/C14H13Cl3N2O/c1-8(18-2)13-4-3-9(7-19-13)20-14-6-11(16)10(15)5-12(14)17/h3-8,18H,1-2H3. The molecule has 0 bridgehead atoms. The summed E-state index contributed by atoms with van der Waals surface area (Å²) in [4.78, 5) is 4.33. The molecule has 20 heavy (non-hydrogen) atoms. The van der Waals surface area contributed by atoms with E-state index in [2.05, 4.69) is 10.3 Å². The summed E-state index contributed by atoms with van der Waals surface area (Å²) >= 11 is 17.9. The van der Waals surface area contributed by atoms with E-state index >= 15 is 0 Å². The van der Waals surface area contributed by atoms with Crippen LogP contribution >= 0.6 is 34.8 Å². The van der Waals surface area contributed by atoms with Crippen molar-refractivity contribution >= 4 is 34.8 Å². The first-order valence-corrected chi connectivity index (χ1v) is 7.10. The number of hydrogen-bond donors (Lipinski definition) is 1. The van der Waals surface area contributed by atoms with Crippen LogP contribution in [0.4, 0.5) is 0 Å². The van der Waals surface area contributed by atoms with Crippen molar-refractivity contribution in [2.75, 3.05) is 7.05 Å². The van der Waals surface area contributed by atoms with Gasteiger partial charge in [0, 0.05) is 12.1 Å². The van der Waals surface area contributed by atoms with Crippen LogP contribution in [0.2, 0.25) is 15.1 Å². The van der Waals surface area contributed by atoms with E-state index in [1.807, 2.05) is 26.1 Å². The Labute approximate surface area is 132 Å². The SMILES string of the molecule is CNC(C)c1ccc(Oc2cc(Cl)c(Cl)cc2Cl)cn1. The number of nitrogens with zero attached hydrogens (tertiary/aromatic N) is 1. The molecule has 6 heteroatoms. The zero-order chi connectivity index (χ0) is 14.7. The number of nitrogens with one attached hydrogen (secondary N) is 1. The summed E-state index contributed by atoms with van der Waals surface area (Å²) in [5.41, 5.74) is 0.931. The van der Waals surface area contributed by atoms with E-state index in [1.165, 1.54) is 0 Å².